The summed E-state index contributed by atoms with van der Waals surface area (Å²) in [5.41, 5.74) is 7.15. The first-order valence-corrected chi connectivity index (χ1v) is 9.76. The second-order valence-corrected chi connectivity index (χ2v) is 7.17. The third-order valence-corrected chi connectivity index (χ3v) is 5.17. The van der Waals surface area contributed by atoms with Crippen LogP contribution in [0.3, 0.4) is 0 Å². The number of aromatic nitrogens is 3. The highest BCUT2D eigenvalue weighted by molar-refractivity contribution is 6.32. The lowest BCUT2D eigenvalue weighted by Crippen LogP contribution is -2.50. The molecule has 30 heavy (non-hydrogen) atoms. The molecule has 154 valence electrons. The Balaban J connectivity index is 1.38. The maximum Gasteiger partial charge on any atom is 0.321 e. The molecule has 1 aliphatic rings. The molecule has 3 heterocycles. The van der Waals surface area contributed by atoms with E-state index in [1.807, 2.05) is 11.0 Å². The number of hydrogen-bond donors (Lipinski definition) is 2. The Labute approximate surface area is 178 Å². The van der Waals surface area contributed by atoms with Crippen molar-refractivity contribution in [2.24, 2.45) is 5.73 Å². The van der Waals surface area contributed by atoms with Gasteiger partial charge < -0.3 is 20.9 Å². The van der Waals surface area contributed by atoms with Gasteiger partial charge in [-0.1, -0.05) is 11.6 Å². The average Bonchev–Trinajstić information content (AvgIpc) is 3.28. The van der Waals surface area contributed by atoms with Gasteiger partial charge in [0, 0.05) is 50.5 Å². The summed E-state index contributed by atoms with van der Waals surface area (Å²) >= 11 is 6.34. The van der Waals surface area contributed by atoms with Crippen LogP contribution in [0.4, 0.5) is 16.3 Å². The van der Waals surface area contributed by atoms with E-state index in [1.54, 1.807) is 58.5 Å². The Kier molecular flexibility index (Phi) is 5.53. The van der Waals surface area contributed by atoms with Gasteiger partial charge in [0.05, 0.1) is 16.3 Å². The predicted octanol–water partition coefficient (Wildman–Crippen LogP) is 2.37. The molecule has 0 spiro atoms. The van der Waals surface area contributed by atoms with Gasteiger partial charge in [0.1, 0.15) is 5.82 Å². The Bertz CT molecular complexity index is 1060. The first-order chi connectivity index (χ1) is 14.5. The van der Waals surface area contributed by atoms with Crippen LogP contribution >= 0.6 is 11.6 Å². The smallest absolute Gasteiger partial charge is 0.321 e. The highest BCUT2D eigenvalue weighted by Crippen LogP contribution is 2.24. The summed E-state index contributed by atoms with van der Waals surface area (Å²) in [7, 11) is 0. The first kappa shape index (κ1) is 19.7. The summed E-state index contributed by atoms with van der Waals surface area (Å²) < 4.78 is 1.66. The van der Waals surface area contributed by atoms with Crippen LogP contribution in [0.15, 0.2) is 55.0 Å². The van der Waals surface area contributed by atoms with Gasteiger partial charge in [-0.3, -0.25) is 4.79 Å². The Morgan fingerprint density at radius 2 is 1.87 bits per heavy atom. The van der Waals surface area contributed by atoms with Crippen LogP contribution < -0.4 is 16.0 Å². The molecule has 1 fully saturated rings. The number of hydrogen-bond acceptors (Lipinski definition) is 5. The van der Waals surface area contributed by atoms with Crippen molar-refractivity contribution in [3.63, 3.8) is 0 Å². The molecule has 3 amide bonds. The van der Waals surface area contributed by atoms with Gasteiger partial charge in [0.25, 0.3) is 5.91 Å². The van der Waals surface area contributed by atoms with Crippen LogP contribution in [0, 0.1) is 0 Å². The minimum absolute atomic E-state index is 0.214. The molecule has 3 aromatic rings. The van der Waals surface area contributed by atoms with E-state index in [-0.39, 0.29) is 6.03 Å². The van der Waals surface area contributed by atoms with E-state index in [1.165, 1.54) is 0 Å². The standard InChI is InChI=1S/C20H20ClN7O2/c21-16-13-14(4-5-17(16)28-8-2-7-24-28)25-20(30)27-11-9-26(10-12-27)19-15(18(22)29)3-1-6-23-19/h1-8,13H,9-12H2,(H2,22,29)(H,25,30). The highest BCUT2D eigenvalue weighted by Gasteiger charge is 2.24. The normalized spacial score (nSPS) is 13.9. The Morgan fingerprint density at radius 3 is 2.53 bits per heavy atom. The van der Waals surface area contributed by atoms with E-state index in [0.717, 1.165) is 5.69 Å². The lowest BCUT2D eigenvalue weighted by molar-refractivity contribution is 0.1000. The van der Waals surface area contributed by atoms with Crippen LogP contribution in [0.2, 0.25) is 5.02 Å². The predicted molar refractivity (Wildman–Crippen MR) is 114 cm³/mol. The second-order valence-electron chi connectivity index (χ2n) is 6.76. The van der Waals surface area contributed by atoms with Crippen molar-refractivity contribution in [1.29, 1.82) is 0 Å². The van der Waals surface area contributed by atoms with Crippen LogP contribution in [-0.4, -0.2) is 57.8 Å². The molecule has 4 rings (SSSR count). The number of nitrogens with two attached hydrogens (primary N) is 1. The number of pyridine rings is 1. The third kappa shape index (κ3) is 4.06. The quantitative estimate of drug-likeness (QED) is 0.666. The summed E-state index contributed by atoms with van der Waals surface area (Å²) in [6, 6.07) is 10.2. The van der Waals surface area contributed by atoms with E-state index in [0.29, 0.717) is 48.3 Å². The summed E-state index contributed by atoms with van der Waals surface area (Å²) in [4.78, 5) is 32.2. The number of carbonyl (C=O) groups is 2. The van der Waals surface area contributed by atoms with Crippen molar-refractivity contribution in [3.05, 3.63) is 65.6 Å². The van der Waals surface area contributed by atoms with Crippen molar-refractivity contribution >= 4 is 35.0 Å². The largest absolute Gasteiger partial charge is 0.365 e. The van der Waals surface area contributed by atoms with Gasteiger partial charge in [0.2, 0.25) is 0 Å². The number of carbonyl (C=O) groups excluding carboxylic acids is 2. The first-order valence-electron chi connectivity index (χ1n) is 9.38. The number of primary amides is 1. The maximum atomic E-state index is 12.7. The van der Waals surface area contributed by atoms with E-state index < -0.39 is 5.91 Å². The molecule has 0 saturated carbocycles. The molecule has 0 aliphatic carbocycles. The number of benzene rings is 1. The zero-order valence-electron chi connectivity index (χ0n) is 16.0. The molecule has 3 N–H and O–H groups in total. The van der Waals surface area contributed by atoms with E-state index in [9.17, 15) is 9.59 Å². The summed E-state index contributed by atoms with van der Waals surface area (Å²) in [5, 5.41) is 7.51. The van der Waals surface area contributed by atoms with E-state index >= 15 is 0 Å². The molecule has 2 aromatic heterocycles. The van der Waals surface area contributed by atoms with Crippen LogP contribution in [0.25, 0.3) is 5.69 Å². The number of nitrogens with zero attached hydrogens (tertiary/aromatic N) is 5. The van der Waals surface area contributed by atoms with Crippen molar-refractivity contribution in [3.8, 4) is 5.69 Å². The van der Waals surface area contributed by atoms with Gasteiger partial charge >= 0.3 is 6.03 Å². The SMILES string of the molecule is NC(=O)c1cccnc1N1CCN(C(=O)Nc2ccc(-n3cccn3)c(Cl)c2)CC1. The number of halogens is 1. The molecule has 1 aliphatic heterocycles. The zero-order valence-corrected chi connectivity index (χ0v) is 16.8. The molecule has 0 atom stereocenters. The fourth-order valence-electron chi connectivity index (χ4n) is 3.35. The molecule has 1 aromatic carbocycles. The minimum Gasteiger partial charge on any atom is -0.365 e. The highest BCUT2D eigenvalue weighted by atomic mass is 35.5. The number of rotatable bonds is 4. The molecule has 0 unspecified atom stereocenters. The van der Waals surface area contributed by atoms with Crippen LogP contribution in [-0.2, 0) is 0 Å². The van der Waals surface area contributed by atoms with Gasteiger partial charge in [0.15, 0.2) is 0 Å². The lowest BCUT2D eigenvalue weighted by Gasteiger charge is -2.35. The van der Waals surface area contributed by atoms with Gasteiger partial charge in [-0.25, -0.2) is 14.5 Å². The summed E-state index contributed by atoms with van der Waals surface area (Å²) in [6.07, 6.45) is 5.09. The molecular weight excluding hydrogens is 406 g/mol. The van der Waals surface area contributed by atoms with Crippen LogP contribution in [0.5, 0.6) is 0 Å². The fraction of sp³-hybridized carbons (Fsp3) is 0.200. The molecule has 10 heteroatoms. The molecular formula is C20H20ClN7O2. The van der Waals surface area contributed by atoms with Crippen molar-refractivity contribution < 1.29 is 9.59 Å². The molecule has 9 nitrogen and oxygen atoms in total. The Morgan fingerprint density at radius 1 is 1.07 bits per heavy atom. The maximum absolute atomic E-state index is 12.7. The Hall–Kier alpha value is -3.59. The van der Waals surface area contributed by atoms with E-state index in [4.69, 9.17) is 17.3 Å². The van der Waals surface area contributed by atoms with Crippen molar-refractivity contribution in [1.82, 2.24) is 19.7 Å². The second kappa shape index (κ2) is 8.42. The van der Waals surface area contributed by atoms with Gasteiger partial charge in [-0.05, 0) is 36.4 Å². The molecule has 1 saturated heterocycles. The van der Waals surface area contributed by atoms with Gasteiger partial charge in [-0.15, -0.1) is 0 Å². The monoisotopic (exact) mass is 425 g/mol. The third-order valence-electron chi connectivity index (χ3n) is 4.87. The number of amides is 3. The number of nitrogens with one attached hydrogen (secondary N) is 1. The number of urea groups is 1. The minimum atomic E-state index is -0.520. The summed E-state index contributed by atoms with van der Waals surface area (Å²) in [6.45, 7) is 2.06. The van der Waals surface area contributed by atoms with E-state index in [2.05, 4.69) is 15.4 Å². The van der Waals surface area contributed by atoms with Crippen LogP contribution in [0.1, 0.15) is 10.4 Å². The number of piperazine rings is 1. The summed E-state index contributed by atoms with van der Waals surface area (Å²) in [5.74, 6) is 0.0276. The van der Waals surface area contributed by atoms with Crippen molar-refractivity contribution in [2.75, 3.05) is 36.4 Å². The molecule has 0 bridgehead atoms. The lowest BCUT2D eigenvalue weighted by atomic mass is 10.2. The molecule has 0 radical (unpaired) electrons. The van der Waals surface area contributed by atoms with Gasteiger partial charge in [-0.2, -0.15) is 5.10 Å². The average molecular weight is 426 g/mol. The zero-order chi connectivity index (χ0) is 21.1. The fourth-order valence-corrected chi connectivity index (χ4v) is 3.61. The van der Waals surface area contributed by atoms with Crippen molar-refractivity contribution in [2.45, 2.75) is 0 Å². The topological polar surface area (TPSA) is 109 Å². The number of anilines is 2.